The molecule has 28 heavy (non-hydrogen) atoms. The Morgan fingerprint density at radius 3 is 2.18 bits per heavy atom. The maximum atomic E-state index is 11.8. The van der Waals surface area contributed by atoms with Crippen molar-refractivity contribution in [2.24, 2.45) is 5.10 Å². The monoisotopic (exact) mass is 385 g/mol. The molecule has 0 aliphatic rings. The van der Waals surface area contributed by atoms with Gasteiger partial charge < -0.3 is 19.5 Å². The number of ether oxygens (including phenoxy) is 3. The van der Waals surface area contributed by atoms with Crippen molar-refractivity contribution in [2.45, 2.75) is 0 Å². The predicted molar refractivity (Wildman–Crippen MR) is 101 cm³/mol. The molecule has 2 amide bonds. The summed E-state index contributed by atoms with van der Waals surface area (Å²) in [6, 6.07) is 13.1. The first-order chi connectivity index (χ1) is 13.5. The van der Waals surface area contributed by atoms with Crippen LogP contribution in [-0.2, 0) is 19.1 Å². The van der Waals surface area contributed by atoms with Gasteiger partial charge >= 0.3 is 17.8 Å². The number of benzene rings is 2. The number of methoxy groups -OCH3 is 2. The molecule has 0 saturated heterocycles. The van der Waals surface area contributed by atoms with Crippen molar-refractivity contribution in [3.05, 3.63) is 54.1 Å². The Hall–Kier alpha value is -3.88. The molecule has 2 aromatic carbocycles. The number of carbonyl (C=O) groups is 3. The van der Waals surface area contributed by atoms with Crippen LogP contribution in [0.2, 0.25) is 0 Å². The number of hydrazone groups is 1. The normalized spacial score (nSPS) is 10.2. The summed E-state index contributed by atoms with van der Waals surface area (Å²) in [5, 5.41) is 6.17. The Balaban J connectivity index is 1.81. The molecule has 0 fully saturated rings. The third kappa shape index (κ3) is 6.45. The van der Waals surface area contributed by atoms with Crippen molar-refractivity contribution >= 4 is 29.7 Å². The van der Waals surface area contributed by atoms with Crippen molar-refractivity contribution in [1.29, 1.82) is 0 Å². The summed E-state index contributed by atoms with van der Waals surface area (Å²) in [6.45, 7) is -0.191. The number of anilines is 1. The first kappa shape index (κ1) is 20.4. The van der Waals surface area contributed by atoms with E-state index in [-0.39, 0.29) is 6.61 Å². The number of hydrogen-bond acceptors (Lipinski definition) is 7. The van der Waals surface area contributed by atoms with Gasteiger partial charge in [-0.3, -0.25) is 9.59 Å². The van der Waals surface area contributed by atoms with Gasteiger partial charge in [0.25, 0.3) is 0 Å². The number of amides is 2. The molecule has 0 saturated carbocycles. The van der Waals surface area contributed by atoms with Gasteiger partial charge in [-0.25, -0.2) is 10.2 Å². The summed E-state index contributed by atoms with van der Waals surface area (Å²) in [5.74, 6) is -1.14. The van der Waals surface area contributed by atoms with E-state index in [0.717, 1.165) is 0 Å². The zero-order chi connectivity index (χ0) is 20.4. The van der Waals surface area contributed by atoms with Gasteiger partial charge in [0, 0.05) is 5.69 Å². The van der Waals surface area contributed by atoms with Gasteiger partial charge in [0.1, 0.15) is 11.5 Å². The summed E-state index contributed by atoms with van der Waals surface area (Å²) in [6.07, 6.45) is 1.36. The number of nitrogens with zero attached hydrogens (tertiary/aromatic N) is 1. The molecular weight excluding hydrogens is 366 g/mol. The minimum atomic E-state index is -0.912. The molecular formula is C19H19N3O6. The average molecular weight is 385 g/mol. The lowest BCUT2D eigenvalue weighted by atomic mass is 10.2. The standard InChI is InChI=1S/C19H19N3O6/c1-26-15-9-5-14(6-10-15)21-18(24)19(25)22-20-11-13-3-7-16(8-4-13)28-12-17(23)27-2/h3-11H,12H2,1-2H3,(H,21,24)(H,22,25)/b20-11-. The first-order valence-corrected chi connectivity index (χ1v) is 8.10. The van der Waals surface area contributed by atoms with E-state index >= 15 is 0 Å². The second-order valence-electron chi connectivity index (χ2n) is 5.32. The molecule has 0 heterocycles. The van der Waals surface area contributed by atoms with E-state index < -0.39 is 17.8 Å². The Labute approximate surface area is 161 Å². The topological polar surface area (TPSA) is 115 Å². The molecule has 146 valence electrons. The average Bonchev–Trinajstić information content (AvgIpc) is 2.73. The fraction of sp³-hybridized carbons (Fsp3) is 0.158. The van der Waals surface area contributed by atoms with Crippen LogP contribution in [0.25, 0.3) is 0 Å². The van der Waals surface area contributed by atoms with E-state index in [1.807, 2.05) is 0 Å². The van der Waals surface area contributed by atoms with Gasteiger partial charge in [0.2, 0.25) is 0 Å². The van der Waals surface area contributed by atoms with Crippen LogP contribution in [0, 0.1) is 0 Å². The molecule has 0 radical (unpaired) electrons. The smallest absolute Gasteiger partial charge is 0.343 e. The highest BCUT2D eigenvalue weighted by Gasteiger charge is 2.12. The number of esters is 1. The lowest BCUT2D eigenvalue weighted by molar-refractivity contribution is -0.142. The van der Waals surface area contributed by atoms with Gasteiger partial charge in [-0.1, -0.05) is 0 Å². The van der Waals surface area contributed by atoms with Crippen molar-refractivity contribution in [2.75, 3.05) is 26.1 Å². The van der Waals surface area contributed by atoms with Gasteiger partial charge in [-0.15, -0.1) is 0 Å². The lowest BCUT2D eigenvalue weighted by Gasteiger charge is -2.05. The number of nitrogens with one attached hydrogen (secondary N) is 2. The van der Waals surface area contributed by atoms with Gasteiger partial charge in [-0.2, -0.15) is 5.10 Å². The molecule has 9 nitrogen and oxygen atoms in total. The SMILES string of the molecule is COC(=O)COc1ccc(/C=N\NC(=O)C(=O)Nc2ccc(OC)cc2)cc1. The van der Waals surface area contributed by atoms with E-state index in [1.165, 1.54) is 20.4 Å². The molecule has 0 aliphatic carbocycles. The van der Waals surface area contributed by atoms with Crippen LogP contribution in [0.1, 0.15) is 5.56 Å². The minimum absolute atomic E-state index is 0.191. The third-order valence-corrected chi connectivity index (χ3v) is 3.40. The van der Waals surface area contributed by atoms with Gasteiger partial charge in [0.15, 0.2) is 6.61 Å². The minimum Gasteiger partial charge on any atom is -0.497 e. The van der Waals surface area contributed by atoms with Crippen molar-refractivity contribution in [3.63, 3.8) is 0 Å². The van der Waals surface area contributed by atoms with E-state index in [2.05, 4.69) is 20.6 Å². The second-order valence-corrected chi connectivity index (χ2v) is 5.32. The Morgan fingerprint density at radius 1 is 0.929 bits per heavy atom. The molecule has 0 unspecified atom stereocenters. The van der Waals surface area contributed by atoms with Crippen LogP contribution in [0.3, 0.4) is 0 Å². The summed E-state index contributed by atoms with van der Waals surface area (Å²) in [7, 11) is 2.80. The Bertz CT molecular complexity index is 847. The van der Waals surface area contributed by atoms with Crippen molar-refractivity contribution in [1.82, 2.24) is 5.43 Å². The van der Waals surface area contributed by atoms with Crippen LogP contribution < -0.4 is 20.2 Å². The highest BCUT2D eigenvalue weighted by atomic mass is 16.6. The van der Waals surface area contributed by atoms with Crippen LogP contribution in [0.15, 0.2) is 53.6 Å². The summed E-state index contributed by atoms with van der Waals surface area (Å²) < 4.78 is 14.7. The molecule has 0 aliphatic heterocycles. The Morgan fingerprint density at radius 2 is 1.57 bits per heavy atom. The zero-order valence-corrected chi connectivity index (χ0v) is 15.3. The quantitative estimate of drug-likeness (QED) is 0.322. The number of carbonyl (C=O) groups excluding carboxylic acids is 3. The number of rotatable bonds is 7. The van der Waals surface area contributed by atoms with Gasteiger partial charge in [0.05, 0.1) is 20.4 Å². The van der Waals surface area contributed by atoms with Crippen LogP contribution in [0.5, 0.6) is 11.5 Å². The van der Waals surface area contributed by atoms with Crippen LogP contribution in [-0.4, -0.2) is 44.8 Å². The molecule has 0 atom stereocenters. The summed E-state index contributed by atoms with van der Waals surface area (Å²) >= 11 is 0. The lowest BCUT2D eigenvalue weighted by Crippen LogP contribution is -2.32. The highest BCUT2D eigenvalue weighted by Crippen LogP contribution is 2.14. The largest absolute Gasteiger partial charge is 0.497 e. The zero-order valence-electron chi connectivity index (χ0n) is 15.3. The molecule has 9 heteroatoms. The van der Waals surface area contributed by atoms with E-state index in [4.69, 9.17) is 9.47 Å². The van der Waals surface area contributed by atoms with Gasteiger partial charge in [-0.05, 0) is 54.1 Å². The number of hydrogen-bond donors (Lipinski definition) is 2. The fourth-order valence-corrected chi connectivity index (χ4v) is 1.93. The second kappa shape index (κ2) is 10.3. The Kier molecular flexibility index (Phi) is 7.53. The maximum Gasteiger partial charge on any atom is 0.343 e. The third-order valence-electron chi connectivity index (χ3n) is 3.40. The van der Waals surface area contributed by atoms with E-state index in [9.17, 15) is 14.4 Å². The summed E-state index contributed by atoms with van der Waals surface area (Å²) in [4.78, 5) is 34.6. The van der Waals surface area contributed by atoms with Crippen LogP contribution >= 0.6 is 0 Å². The van der Waals surface area contributed by atoms with Crippen LogP contribution in [0.4, 0.5) is 5.69 Å². The first-order valence-electron chi connectivity index (χ1n) is 8.10. The molecule has 2 aromatic rings. The van der Waals surface area contributed by atoms with Crippen molar-refractivity contribution < 1.29 is 28.6 Å². The predicted octanol–water partition coefficient (Wildman–Crippen LogP) is 1.34. The fourth-order valence-electron chi connectivity index (χ4n) is 1.93. The van der Waals surface area contributed by atoms with E-state index in [1.54, 1.807) is 48.5 Å². The highest BCUT2D eigenvalue weighted by molar-refractivity contribution is 6.39. The molecule has 0 spiro atoms. The molecule has 0 aromatic heterocycles. The van der Waals surface area contributed by atoms with E-state index in [0.29, 0.717) is 22.7 Å². The maximum absolute atomic E-state index is 11.8. The van der Waals surface area contributed by atoms with Crippen molar-refractivity contribution in [3.8, 4) is 11.5 Å². The molecule has 2 N–H and O–H groups in total. The summed E-state index contributed by atoms with van der Waals surface area (Å²) in [5.41, 5.74) is 3.24. The molecule has 2 rings (SSSR count). The molecule has 0 bridgehead atoms.